The fourth-order valence-electron chi connectivity index (χ4n) is 1.34. The molecule has 96 valence electrons. The SMILES string of the molecule is CCC(O)Cc1nc(-c2ccc(OC)nn2)no1. The highest BCUT2D eigenvalue weighted by molar-refractivity contribution is 5.47. The fraction of sp³-hybridized carbons (Fsp3) is 0.455. The van der Waals surface area contributed by atoms with Crippen molar-refractivity contribution in [3.05, 3.63) is 18.0 Å². The third kappa shape index (κ3) is 2.80. The summed E-state index contributed by atoms with van der Waals surface area (Å²) in [5.74, 6) is 1.16. The molecule has 0 aliphatic rings. The molecule has 7 heteroatoms. The van der Waals surface area contributed by atoms with E-state index in [0.29, 0.717) is 36.1 Å². The normalized spacial score (nSPS) is 12.4. The minimum atomic E-state index is -0.472. The smallest absolute Gasteiger partial charge is 0.233 e. The van der Waals surface area contributed by atoms with Gasteiger partial charge in [-0.2, -0.15) is 4.98 Å². The van der Waals surface area contributed by atoms with Crippen LogP contribution in [0, 0.1) is 0 Å². The van der Waals surface area contributed by atoms with Gasteiger partial charge in [-0.05, 0) is 12.5 Å². The molecule has 0 radical (unpaired) electrons. The highest BCUT2D eigenvalue weighted by atomic mass is 16.5. The molecule has 0 aliphatic heterocycles. The molecular formula is C11H14N4O3. The van der Waals surface area contributed by atoms with Crippen LogP contribution in [0.2, 0.25) is 0 Å². The molecular weight excluding hydrogens is 236 g/mol. The lowest BCUT2D eigenvalue weighted by atomic mass is 10.2. The van der Waals surface area contributed by atoms with Crippen LogP contribution >= 0.6 is 0 Å². The van der Waals surface area contributed by atoms with Gasteiger partial charge in [0.15, 0.2) is 0 Å². The predicted octanol–water partition coefficient (Wildman–Crippen LogP) is 0.849. The second-order valence-corrected chi connectivity index (χ2v) is 3.74. The van der Waals surface area contributed by atoms with Crippen LogP contribution < -0.4 is 4.74 Å². The summed E-state index contributed by atoms with van der Waals surface area (Å²) in [6, 6.07) is 3.36. The van der Waals surface area contributed by atoms with E-state index in [9.17, 15) is 5.11 Å². The van der Waals surface area contributed by atoms with Crippen molar-refractivity contribution in [3.63, 3.8) is 0 Å². The van der Waals surface area contributed by atoms with E-state index in [1.54, 1.807) is 12.1 Å². The van der Waals surface area contributed by atoms with Gasteiger partial charge in [-0.25, -0.2) is 0 Å². The lowest BCUT2D eigenvalue weighted by Crippen LogP contribution is -2.08. The number of aliphatic hydroxyl groups excluding tert-OH is 1. The van der Waals surface area contributed by atoms with Gasteiger partial charge in [0.2, 0.25) is 17.6 Å². The molecule has 0 saturated carbocycles. The molecule has 1 N–H and O–H groups in total. The van der Waals surface area contributed by atoms with Gasteiger partial charge in [-0.3, -0.25) is 0 Å². The third-order valence-electron chi connectivity index (χ3n) is 2.43. The molecule has 2 heterocycles. The molecule has 2 aromatic rings. The molecule has 7 nitrogen and oxygen atoms in total. The van der Waals surface area contributed by atoms with E-state index in [0.717, 1.165) is 0 Å². The summed E-state index contributed by atoms with van der Waals surface area (Å²) >= 11 is 0. The van der Waals surface area contributed by atoms with Crippen LogP contribution in [0.1, 0.15) is 19.2 Å². The van der Waals surface area contributed by atoms with E-state index in [1.807, 2.05) is 6.92 Å². The Bertz CT molecular complexity index is 497. The third-order valence-corrected chi connectivity index (χ3v) is 2.43. The number of methoxy groups -OCH3 is 1. The van der Waals surface area contributed by atoms with Crippen LogP contribution in [0.25, 0.3) is 11.5 Å². The minimum absolute atomic E-state index is 0.340. The summed E-state index contributed by atoms with van der Waals surface area (Å²) in [6.07, 6.45) is 0.507. The van der Waals surface area contributed by atoms with Crippen LogP contribution in [0.5, 0.6) is 5.88 Å². The van der Waals surface area contributed by atoms with E-state index in [2.05, 4.69) is 20.3 Å². The van der Waals surface area contributed by atoms with Gasteiger partial charge in [0.25, 0.3) is 0 Å². The van der Waals surface area contributed by atoms with Gasteiger partial charge in [-0.15, -0.1) is 10.2 Å². The fourth-order valence-corrected chi connectivity index (χ4v) is 1.34. The highest BCUT2D eigenvalue weighted by Crippen LogP contribution is 2.15. The van der Waals surface area contributed by atoms with Gasteiger partial charge in [0.1, 0.15) is 5.69 Å². The first-order chi connectivity index (χ1) is 8.72. The van der Waals surface area contributed by atoms with E-state index in [-0.39, 0.29) is 0 Å². The second kappa shape index (κ2) is 5.54. The van der Waals surface area contributed by atoms with Crippen LogP contribution in [0.3, 0.4) is 0 Å². The number of rotatable bonds is 5. The van der Waals surface area contributed by atoms with Crippen molar-refractivity contribution in [2.75, 3.05) is 7.11 Å². The number of hydrogen-bond acceptors (Lipinski definition) is 7. The highest BCUT2D eigenvalue weighted by Gasteiger charge is 2.13. The summed E-state index contributed by atoms with van der Waals surface area (Å²) in [5.41, 5.74) is 0.497. The Morgan fingerprint density at radius 2 is 2.22 bits per heavy atom. The number of ether oxygens (including phenoxy) is 1. The summed E-state index contributed by atoms with van der Waals surface area (Å²) in [6.45, 7) is 1.89. The van der Waals surface area contributed by atoms with E-state index >= 15 is 0 Å². The van der Waals surface area contributed by atoms with E-state index in [4.69, 9.17) is 9.26 Å². The van der Waals surface area contributed by atoms with Gasteiger partial charge in [-0.1, -0.05) is 12.1 Å². The van der Waals surface area contributed by atoms with Crippen molar-refractivity contribution in [3.8, 4) is 17.4 Å². The Balaban J connectivity index is 2.13. The molecule has 0 saturated heterocycles. The topological polar surface area (TPSA) is 94.2 Å². The second-order valence-electron chi connectivity index (χ2n) is 3.74. The summed E-state index contributed by atoms with van der Waals surface area (Å²) in [4.78, 5) is 4.14. The van der Waals surface area contributed by atoms with Gasteiger partial charge in [0, 0.05) is 6.07 Å². The van der Waals surface area contributed by atoms with Crippen molar-refractivity contribution in [2.45, 2.75) is 25.9 Å². The monoisotopic (exact) mass is 250 g/mol. The van der Waals surface area contributed by atoms with E-state index in [1.165, 1.54) is 7.11 Å². The quantitative estimate of drug-likeness (QED) is 0.840. The maximum absolute atomic E-state index is 9.49. The Labute approximate surface area is 104 Å². The molecule has 0 amide bonds. The lowest BCUT2D eigenvalue weighted by Gasteiger charge is -2.01. The van der Waals surface area contributed by atoms with Gasteiger partial charge >= 0.3 is 0 Å². The number of aliphatic hydroxyl groups is 1. The van der Waals surface area contributed by atoms with Crippen LogP contribution in [-0.2, 0) is 6.42 Å². The molecule has 1 atom stereocenters. The van der Waals surface area contributed by atoms with Crippen molar-refractivity contribution < 1.29 is 14.4 Å². The first kappa shape index (κ1) is 12.4. The molecule has 18 heavy (non-hydrogen) atoms. The lowest BCUT2D eigenvalue weighted by molar-refractivity contribution is 0.158. The summed E-state index contributed by atoms with van der Waals surface area (Å²) in [7, 11) is 1.52. The maximum Gasteiger partial charge on any atom is 0.233 e. The standard InChI is InChI=1S/C11H14N4O3/c1-3-7(16)6-10-12-11(15-18-10)8-4-5-9(17-2)14-13-8/h4-5,7,16H,3,6H2,1-2H3. The van der Waals surface area contributed by atoms with Crippen molar-refractivity contribution in [1.82, 2.24) is 20.3 Å². The Kier molecular flexibility index (Phi) is 3.83. The summed E-state index contributed by atoms with van der Waals surface area (Å²) < 4.78 is 9.93. The zero-order valence-electron chi connectivity index (χ0n) is 10.2. The largest absolute Gasteiger partial charge is 0.480 e. The molecule has 0 bridgehead atoms. The van der Waals surface area contributed by atoms with Crippen molar-refractivity contribution in [2.24, 2.45) is 0 Å². The molecule has 2 aromatic heterocycles. The van der Waals surface area contributed by atoms with Crippen LogP contribution in [0.4, 0.5) is 0 Å². The predicted molar refractivity (Wildman–Crippen MR) is 61.9 cm³/mol. The number of hydrogen-bond donors (Lipinski definition) is 1. The Morgan fingerprint density at radius 3 is 2.83 bits per heavy atom. The Hall–Kier alpha value is -2.02. The first-order valence-electron chi connectivity index (χ1n) is 5.61. The zero-order chi connectivity index (χ0) is 13.0. The van der Waals surface area contributed by atoms with Crippen LogP contribution in [0.15, 0.2) is 16.7 Å². The zero-order valence-corrected chi connectivity index (χ0v) is 10.2. The number of nitrogens with zero attached hydrogens (tertiary/aromatic N) is 4. The first-order valence-corrected chi connectivity index (χ1v) is 5.61. The molecule has 1 unspecified atom stereocenters. The molecule has 2 rings (SSSR count). The molecule has 0 aliphatic carbocycles. The average Bonchev–Trinajstić information content (AvgIpc) is 2.87. The number of aromatic nitrogens is 4. The molecule has 0 spiro atoms. The van der Waals surface area contributed by atoms with Crippen molar-refractivity contribution in [1.29, 1.82) is 0 Å². The maximum atomic E-state index is 9.49. The molecule has 0 fully saturated rings. The minimum Gasteiger partial charge on any atom is -0.480 e. The van der Waals surface area contributed by atoms with Crippen molar-refractivity contribution >= 4 is 0 Å². The van der Waals surface area contributed by atoms with Crippen LogP contribution in [-0.4, -0.2) is 38.7 Å². The van der Waals surface area contributed by atoms with Gasteiger partial charge < -0.3 is 14.4 Å². The molecule has 0 aromatic carbocycles. The van der Waals surface area contributed by atoms with Gasteiger partial charge in [0.05, 0.1) is 19.6 Å². The average molecular weight is 250 g/mol. The summed E-state index contributed by atoms with van der Waals surface area (Å²) in [5, 5.41) is 21.0. The van der Waals surface area contributed by atoms with E-state index < -0.39 is 6.10 Å². The Morgan fingerprint density at radius 1 is 1.39 bits per heavy atom.